The molecule has 0 spiro atoms. The summed E-state index contributed by atoms with van der Waals surface area (Å²) in [6, 6.07) is 0. The predicted octanol–water partition coefficient (Wildman–Crippen LogP) is 1.83. The van der Waals surface area contributed by atoms with E-state index in [-0.39, 0.29) is 12.0 Å². The number of carbonyl (C=O) groups is 1. The maximum absolute atomic E-state index is 11.6. The van der Waals surface area contributed by atoms with Gasteiger partial charge >= 0.3 is 0 Å². The highest BCUT2D eigenvalue weighted by atomic mass is 79.9. The molecule has 0 aliphatic heterocycles. The minimum Gasteiger partial charge on any atom is -0.393 e. The van der Waals surface area contributed by atoms with E-state index in [1.807, 2.05) is 13.8 Å². The van der Waals surface area contributed by atoms with Gasteiger partial charge in [0, 0.05) is 6.54 Å². The third-order valence-electron chi connectivity index (χ3n) is 2.85. The SMILES string of the molecule is CC(C)(Br)C(=O)NCC1CCCC(O)C1. The molecule has 0 aromatic rings. The van der Waals surface area contributed by atoms with Crippen LogP contribution in [0.4, 0.5) is 0 Å². The first-order chi connectivity index (χ1) is 6.89. The van der Waals surface area contributed by atoms with Gasteiger partial charge in [0.1, 0.15) is 0 Å². The summed E-state index contributed by atoms with van der Waals surface area (Å²) in [5.74, 6) is 0.454. The minimum atomic E-state index is -0.500. The standard InChI is InChI=1S/C11H20BrNO2/c1-11(2,12)10(15)13-7-8-4-3-5-9(14)6-8/h8-9,14H,3-7H2,1-2H3,(H,13,15). The fourth-order valence-corrected chi connectivity index (χ4v) is 2.04. The highest BCUT2D eigenvalue weighted by Crippen LogP contribution is 2.24. The van der Waals surface area contributed by atoms with Gasteiger partial charge in [-0.3, -0.25) is 4.79 Å². The average molecular weight is 278 g/mol. The molecule has 1 amide bonds. The first kappa shape index (κ1) is 13.0. The van der Waals surface area contributed by atoms with Crippen LogP contribution in [0.1, 0.15) is 39.5 Å². The molecule has 1 aliphatic carbocycles. The monoisotopic (exact) mass is 277 g/mol. The Labute approximate surface area is 99.8 Å². The second-order valence-electron chi connectivity index (χ2n) is 4.87. The zero-order valence-electron chi connectivity index (χ0n) is 9.42. The number of aliphatic hydroxyl groups excluding tert-OH is 1. The highest BCUT2D eigenvalue weighted by molar-refractivity contribution is 9.10. The van der Waals surface area contributed by atoms with Gasteiger partial charge in [-0.1, -0.05) is 22.4 Å². The molecule has 3 nitrogen and oxygen atoms in total. The van der Waals surface area contributed by atoms with Crippen LogP contribution >= 0.6 is 15.9 Å². The van der Waals surface area contributed by atoms with Crippen LogP contribution in [0.2, 0.25) is 0 Å². The van der Waals surface area contributed by atoms with Crippen molar-refractivity contribution in [1.82, 2.24) is 5.32 Å². The van der Waals surface area contributed by atoms with Crippen LogP contribution in [0.5, 0.6) is 0 Å². The summed E-state index contributed by atoms with van der Waals surface area (Å²) in [5, 5.41) is 12.4. The average Bonchev–Trinajstić information content (AvgIpc) is 2.12. The lowest BCUT2D eigenvalue weighted by Crippen LogP contribution is -2.41. The van der Waals surface area contributed by atoms with Crippen molar-refractivity contribution in [3.63, 3.8) is 0 Å². The molecule has 0 aromatic carbocycles. The Morgan fingerprint density at radius 1 is 1.53 bits per heavy atom. The molecule has 1 aliphatic rings. The van der Waals surface area contributed by atoms with Crippen LogP contribution < -0.4 is 5.32 Å². The highest BCUT2D eigenvalue weighted by Gasteiger charge is 2.25. The summed E-state index contributed by atoms with van der Waals surface area (Å²) in [5.41, 5.74) is 0. The van der Waals surface area contributed by atoms with Gasteiger partial charge in [-0.05, 0) is 39.0 Å². The maximum atomic E-state index is 11.6. The second kappa shape index (κ2) is 5.30. The van der Waals surface area contributed by atoms with Gasteiger partial charge in [-0.15, -0.1) is 0 Å². The van der Waals surface area contributed by atoms with E-state index in [1.54, 1.807) is 0 Å². The Balaban J connectivity index is 2.28. The van der Waals surface area contributed by atoms with Gasteiger partial charge in [0.15, 0.2) is 0 Å². The second-order valence-corrected chi connectivity index (χ2v) is 6.85. The number of rotatable bonds is 3. The fraction of sp³-hybridized carbons (Fsp3) is 0.909. The van der Waals surface area contributed by atoms with Gasteiger partial charge in [0.05, 0.1) is 10.4 Å². The molecule has 4 heteroatoms. The van der Waals surface area contributed by atoms with E-state index in [9.17, 15) is 9.90 Å². The summed E-state index contributed by atoms with van der Waals surface area (Å²) < 4.78 is -0.500. The van der Waals surface area contributed by atoms with Gasteiger partial charge in [0.25, 0.3) is 0 Å². The molecule has 2 unspecified atom stereocenters. The molecule has 1 saturated carbocycles. The van der Waals surface area contributed by atoms with Gasteiger partial charge < -0.3 is 10.4 Å². The summed E-state index contributed by atoms with van der Waals surface area (Å²) in [6.45, 7) is 4.35. The van der Waals surface area contributed by atoms with Crippen LogP contribution in [0.25, 0.3) is 0 Å². The van der Waals surface area contributed by atoms with Crippen molar-refractivity contribution in [1.29, 1.82) is 0 Å². The van der Waals surface area contributed by atoms with E-state index in [0.717, 1.165) is 25.7 Å². The molecule has 0 radical (unpaired) electrons. The first-order valence-electron chi connectivity index (χ1n) is 5.55. The lowest BCUT2D eigenvalue weighted by molar-refractivity contribution is -0.122. The molecule has 2 atom stereocenters. The third-order valence-corrected chi connectivity index (χ3v) is 3.21. The summed E-state index contributed by atoms with van der Waals surface area (Å²) in [6.07, 6.45) is 3.74. The van der Waals surface area contributed by atoms with Crippen molar-refractivity contribution in [2.75, 3.05) is 6.54 Å². The van der Waals surface area contributed by atoms with Crippen molar-refractivity contribution < 1.29 is 9.90 Å². The number of alkyl halides is 1. The number of hydrogen-bond donors (Lipinski definition) is 2. The van der Waals surface area contributed by atoms with E-state index in [1.165, 1.54) is 0 Å². The lowest BCUT2D eigenvalue weighted by atomic mass is 9.87. The molecule has 1 rings (SSSR count). The minimum absolute atomic E-state index is 0.0163. The molecular formula is C11H20BrNO2. The molecule has 0 heterocycles. The topological polar surface area (TPSA) is 49.3 Å². The third kappa shape index (κ3) is 4.51. The largest absolute Gasteiger partial charge is 0.393 e. The summed E-state index contributed by atoms with van der Waals surface area (Å²) in [4.78, 5) is 11.6. The molecule has 0 saturated heterocycles. The van der Waals surface area contributed by atoms with E-state index in [0.29, 0.717) is 12.5 Å². The summed E-state index contributed by atoms with van der Waals surface area (Å²) in [7, 11) is 0. The van der Waals surface area contributed by atoms with Gasteiger partial charge in [-0.25, -0.2) is 0 Å². The molecule has 88 valence electrons. The summed E-state index contributed by atoms with van der Waals surface area (Å²) >= 11 is 3.32. The van der Waals surface area contributed by atoms with Gasteiger partial charge in [-0.2, -0.15) is 0 Å². The Hall–Kier alpha value is -0.0900. The number of carbonyl (C=O) groups excluding carboxylic acids is 1. The zero-order valence-corrected chi connectivity index (χ0v) is 11.0. The van der Waals surface area contributed by atoms with Crippen LogP contribution in [-0.4, -0.2) is 28.0 Å². The maximum Gasteiger partial charge on any atom is 0.236 e. The zero-order chi connectivity index (χ0) is 11.5. The normalized spacial score (nSPS) is 27.5. The van der Waals surface area contributed by atoms with E-state index < -0.39 is 4.32 Å². The number of halogens is 1. The number of nitrogens with one attached hydrogen (secondary N) is 1. The molecular weight excluding hydrogens is 258 g/mol. The predicted molar refractivity (Wildman–Crippen MR) is 64.0 cm³/mol. The van der Waals surface area contributed by atoms with E-state index in [4.69, 9.17) is 0 Å². The number of hydrogen-bond acceptors (Lipinski definition) is 2. The Kier molecular flexibility index (Phi) is 4.59. The number of amides is 1. The molecule has 0 aromatic heterocycles. The fourth-order valence-electron chi connectivity index (χ4n) is 1.90. The van der Waals surface area contributed by atoms with Crippen molar-refractivity contribution in [3.8, 4) is 0 Å². The smallest absolute Gasteiger partial charge is 0.236 e. The Bertz CT molecular complexity index is 225. The lowest BCUT2D eigenvalue weighted by Gasteiger charge is -2.27. The van der Waals surface area contributed by atoms with Crippen LogP contribution in [0.3, 0.4) is 0 Å². The molecule has 0 bridgehead atoms. The van der Waals surface area contributed by atoms with Crippen LogP contribution in [0.15, 0.2) is 0 Å². The van der Waals surface area contributed by atoms with Crippen molar-refractivity contribution in [3.05, 3.63) is 0 Å². The van der Waals surface area contributed by atoms with Crippen LogP contribution in [-0.2, 0) is 4.79 Å². The van der Waals surface area contributed by atoms with Crippen molar-refractivity contribution in [2.45, 2.75) is 50.0 Å². The van der Waals surface area contributed by atoms with Gasteiger partial charge in [0.2, 0.25) is 5.91 Å². The number of aliphatic hydroxyl groups is 1. The molecule has 2 N–H and O–H groups in total. The van der Waals surface area contributed by atoms with E-state index in [2.05, 4.69) is 21.2 Å². The van der Waals surface area contributed by atoms with Crippen molar-refractivity contribution in [2.24, 2.45) is 5.92 Å². The quantitative estimate of drug-likeness (QED) is 0.774. The Morgan fingerprint density at radius 3 is 2.73 bits per heavy atom. The Morgan fingerprint density at radius 2 is 2.20 bits per heavy atom. The van der Waals surface area contributed by atoms with E-state index >= 15 is 0 Å². The first-order valence-corrected chi connectivity index (χ1v) is 6.34. The van der Waals surface area contributed by atoms with Crippen molar-refractivity contribution >= 4 is 21.8 Å². The van der Waals surface area contributed by atoms with Crippen LogP contribution in [0, 0.1) is 5.92 Å². The molecule has 1 fully saturated rings. The molecule has 15 heavy (non-hydrogen) atoms.